The van der Waals surface area contributed by atoms with Crippen molar-refractivity contribution < 1.29 is 0 Å². The molecule has 1 rings (SSSR count). The van der Waals surface area contributed by atoms with Crippen molar-refractivity contribution in [1.29, 1.82) is 0 Å². The molecule has 0 aromatic heterocycles. The molecule has 3 heteroatoms. The average molecular weight is 191 g/mol. The standard InChI is InChI=1S/C9H19ClN2/c1-12-6-3-9(4-7-12)2-5-11-8-10/h9,11H,2-8H2,1H3. The predicted molar refractivity (Wildman–Crippen MR) is 53.6 cm³/mol. The molecule has 0 aromatic rings. The van der Waals surface area contributed by atoms with E-state index >= 15 is 0 Å². The van der Waals surface area contributed by atoms with Crippen LogP contribution in [0.1, 0.15) is 19.3 Å². The first kappa shape index (κ1) is 10.3. The lowest BCUT2D eigenvalue weighted by molar-refractivity contribution is 0.212. The van der Waals surface area contributed by atoms with Crippen LogP contribution in [-0.4, -0.2) is 37.6 Å². The number of alkyl halides is 1. The Kier molecular flexibility index (Phi) is 4.96. The van der Waals surface area contributed by atoms with Crippen molar-refractivity contribution in [2.75, 3.05) is 32.7 Å². The first-order valence-electron chi connectivity index (χ1n) is 4.78. The number of nitrogens with one attached hydrogen (secondary N) is 1. The molecule has 0 saturated carbocycles. The highest BCUT2D eigenvalue weighted by Gasteiger charge is 2.15. The smallest absolute Gasteiger partial charge is 0.0713 e. The summed E-state index contributed by atoms with van der Waals surface area (Å²) in [6, 6.07) is 0.590. The van der Waals surface area contributed by atoms with Gasteiger partial charge in [0.25, 0.3) is 0 Å². The zero-order valence-corrected chi connectivity index (χ0v) is 8.61. The van der Waals surface area contributed by atoms with Crippen molar-refractivity contribution in [2.24, 2.45) is 5.92 Å². The van der Waals surface area contributed by atoms with Crippen molar-refractivity contribution >= 4 is 11.6 Å². The van der Waals surface area contributed by atoms with Gasteiger partial charge in [0, 0.05) is 0 Å². The highest BCUT2D eigenvalue weighted by atomic mass is 35.5. The Morgan fingerprint density at radius 1 is 1.42 bits per heavy atom. The van der Waals surface area contributed by atoms with Crippen LogP contribution in [0.2, 0.25) is 0 Å². The first-order valence-corrected chi connectivity index (χ1v) is 5.31. The highest BCUT2D eigenvalue weighted by molar-refractivity contribution is 6.17. The van der Waals surface area contributed by atoms with Gasteiger partial charge in [-0.2, -0.15) is 0 Å². The second-order valence-corrected chi connectivity index (χ2v) is 3.94. The van der Waals surface area contributed by atoms with E-state index in [4.69, 9.17) is 11.6 Å². The second-order valence-electron chi connectivity index (χ2n) is 3.67. The van der Waals surface area contributed by atoms with Gasteiger partial charge in [-0.25, -0.2) is 0 Å². The van der Waals surface area contributed by atoms with E-state index in [0.717, 1.165) is 12.5 Å². The molecule has 0 amide bonds. The van der Waals surface area contributed by atoms with Gasteiger partial charge >= 0.3 is 0 Å². The Hall–Kier alpha value is 0.210. The van der Waals surface area contributed by atoms with Gasteiger partial charge in [-0.05, 0) is 51.9 Å². The summed E-state index contributed by atoms with van der Waals surface area (Å²) in [7, 11) is 2.20. The van der Waals surface area contributed by atoms with E-state index in [1.807, 2.05) is 0 Å². The molecule has 2 nitrogen and oxygen atoms in total. The van der Waals surface area contributed by atoms with Crippen LogP contribution in [0.25, 0.3) is 0 Å². The Balaban J connectivity index is 2.01. The summed E-state index contributed by atoms with van der Waals surface area (Å²) < 4.78 is 0. The molecule has 1 N–H and O–H groups in total. The maximum atomic E-state index is 5.52. The van der Waals surface area contributed by atoms with E-state index in [-0.39, 0.29) is 0 Å². The third kappa shape index (κ3) is 3.74. The van der Waals surface area contributed by atoms with Gasteiger partial charge in [0.15, 0.2) is 0 Å². The van der Waals surface area contributed by atoms with Crippen molar-refractivity contribution in [3.63, 3.8) is 0 Å². The van der Waals surface area contributed by atoms with E-state index in [9.17, 15) is 0 Å². The Labute approximate surface area is 80.3 Å². The number of hydrogen-bond acceptors (Lipinski definition) is 2. The number of piperidine rings is 1. The lowest BCUT2D eigenvalue weighted by Crippen LogP contribution is -2.31. The summed E-state index contributed by atoms with van der Waals surface area (Å²) in [4.78, 5) is 2.41. The van der Waals surface area contributed by atoms with Crippen molar-refractivity contribution in [3.8, 4) is 0 Å². The van der Waals surface area contributed by atoms with Crippen LogP contribution in [-0.2, 0) is 0 Å². The molecule has 0 unspecified atom stereocenters. The number of likely N-dealkylation sites (tertiary alicyclic amines) is 1. The van der Waals surface area contributed by atoms with Gasteiger partial charge in [-0.3, -0.25) is 0 Å². The normalized spacial score (nSPS) is 21.5. The van der Waals surface area contributed by atoms with Gasteiger partial charge in [0.05, 0.1) is 6.00 Å². The second kappa shape index (κ2) is 5.79. The van der Waals surface area contributed by atoms with Gasteiger partial charge in [-0.15, -0.1) is 11.6 Å². The van der Waals surface area contributed by atoms with Gasteiger partial charge in [-0.1, -0.05) is 0 Å². The topological polar surface area (TPSA) is 15.3 Å². The molecule has 1 fully saturated rings. The molecule has 1 heterocycles. The van der Waals surface area contributed by atoms with Crippen LogP contribution in [0, 0.1) is 5.92 Å². The molecule has 0 aliphatic carbocycles. The summed E-state index contributed by atoms with van der Waals surface area (Å²) in [6.07, 6.45) is 4.02. The molecule has 0 aromatic carbocycles. The molecule has 0 bridgehead atoms. The minimum Gasteiger partial charge on any atom is -0.306 e. The maximum Gasteiger partial charge on any atom is 0.0713 e. The van der Waals surface area contributed by atoms with Crippen molar-refractivity contribution in [3.05, 3.63) is 0 Å². The maximum absolute atomic E-state index is 5.52. The van der Waals surface area contributed by atoms with E-state index in [1.54, 1.807) is 0 Å². The Morgan fingerprint density at radius 3 is 2.67 bits per heavy atom. The van der Waals surface area contributed by atoms with Gasteiger partial charge < -0.3 is 10.2 Å². The lowest BCUT2D eigenvalue weighted by atomic mass is 9.94. The van der Waals surface area contributed by atoms with Crippen LogP contribution in [0.5, 0.6) is 0 Å². The molecular formula is C9H19ClN2. The molecule has 72 valence electrons. The van der Waals surface area contributed by atoms with E-state index < -0.39 is 0 Å². The fraction of sp³-hybridized carbons (Fsp3) is 1.00. The monoisotopic (exact) mass is 190 g/mol. The van der Waals surface area contributed by atoms with Crippen molar-refractivity contribution in [1.82, 2.24) is 10.2 Å². The van der Waals surface area contributed by atoms with Crippen LogP contribution >= 0.6 is 11.6 Å². The molecule has 1 aliphatic heterocycles. The molecule has 1 aliphatic rings. The Bertz CT molecular complexity index is 111. The molecule has 12 heavy (non-hydrogen) atoms. The van der Waals surface area contributed by atoms with Crippen LogP contribution < -0.4 is 5.32 Å². The highest BCUT2D eigenvalue weighted by Crippen LogP contribution is 2.18. The average Bonchev–Trinajstić information content (AvgIpc) is 2.09. The van der Waals surface area contributed by atoms with Gasteiger partial charge in [0.2, 0.25) is 0 Å². The summed E-state index contributed by atoms with van der Waals surface area (Å²) in [5, 5.41) is 3.16. The molecule has 0 radical (unpaired) electrons. The lowest BCUT2D eigenvalue weighted by Gasteiger charge is -2.28. The zero-order valence-electron chi connectivity index (χ0n) is 7.85. The van der Waals surface area contributed by atoms with Crippen molar-refractivity contribution in [2.45, 2.75) is 19.3 Å². The predicted octanol–water partition coefficient (Wildman–Crippen LogP) is 1.50. The third-order valence-electron chi connectivity index (χ3n) is 2.66. The Morgan fingerprint density at radius 2 is 2.08 bits per heavy atom. The summed E-state index contributed by atoms with van der Waals surface area (Å²) in [6.45, 7) is 3.62. The minimum atomic E-state index is 0.590. The fourth-order valence-corrected chi connectivity index (χ4v) is 1.86. The summed E-state index contributed by atoms with van der Waals surface area (Å²) in [5.74, 6) is 0.928. The molecule has 0 atom stereocenters. The third-order valence-corrected chi connectivity index (χ3v) is 2.85. The number of rotatable bonds is 4. The van der Waals surface area contributed by atoms with E-state index in [0.29, 0.717) is 6.00 Å². The summed E-state index contributed by atoms with van der Waals surface area (Å²) >= 11 is 5.52. The van der Waals surface area contributed by atoms with E-state index in [1.165, 1.54) is 32.4 Å². The first-order chi connectivity index (χ1) is 5.83. The number of nitrogens with zero attached hydrogens (tertiary/aromatic N) is 1. The largest absolute Gasteiger partial charge is 0.306 e. The van der Waals surface area contributed by atoms with E-state index in [2.05, 4.69) is 17.3 Å². The number of hydrogen-bond donors (Lipinski definition) is 1. The fourth-order valence-electron chi connectivity index (χ4n) is 1.72. The number of halogens is 1. The van der Waals surface area contributed by atoms with Crippen LogP contribution in [0.4, 0.5) is 0 Å². The molecular weight excluding hydrogens is 172 g/mol. The summed E-state index contributed by atoms with van der Waals surface area (Å²) in [5.41, 5.74) is 0. The van der Waals surface area contributed by atoms with Gasteiger partial charge in [0.1, 0.15) is 0 Å². The van der Waals surface area contributed by atoms with Crippen LogP contribution in [0.3, 0.4) is 0 Å². The SMILES string of the molecule is CN1CCC(CCNCCl)CC1. The molecule has 0 spiro atoms. The zero-order chi connectivity index (χ0) is 8.81. The minimum absolute atomic E-state index is 0.590. The van der Waals surface area contributed by atoms with Crippen LogP contribution in [0.15, 0.2) is 0 Å². The molecule has 1 saturated heterocycles. The quantitative estimate of drug-likeness (QED) is 0.411.